The SMILES string of the molecule is CC1(C)COCC1Nc1cccc(C(=O)O)n1. The number of ether oxygens (including phenoxy) is 1. The molecule has 1 atom stereocenters. The van der Waals surface area contributed by atoms with Crippen LogP contribution in [0.25, 0.3) is 0 Å². The molecule has 1 saturated heterocycles. The van der Waals surface area contributed by atoms with Gasteiger partial charge in [-0.25, -0.2) is 9.78 Å². The minimum Gasteiger partial charge on any atom is -0.477 e. The van der Waals surface area contributed by atoms with Gasteiger partial charge in [0.15, 0.2) is 5.69 Å². The molecule has 1 fully saturated rings. The normalized spacial score (nSPS) is 22.4. The molecule has 92 valence electrons. The van der Waals surface area contributed by atoms with Crippen LogP contribution >= 0.6 is 0 Å². The van der Waals surface area contributed by atoms with E-state index >= 15 is 0 Å². The fourth-order valence-electron chi connectivity index (χ4n) is 1.82. The third kappa shape index (κ3) is 2.55. The number of aromatic carboxylic acids is 1. The smallest absolute Gasteiger partial charge is 0.354 e. The molecule has 5 heteroatoms. The molecule has 2 N–H and O–H groups in total. The second-order valence-corrected chi connectivity index (χ2v) is 4.91. The maximum Gasteiger partial charge on any atom is 0.354 e. The van der Waals surface area contributed by atoms with Gasteiger partial charge in [-0.05, 0) is 12.1 Å². The molecule has 0 amide bonds. The van der Waals surface area contributed by atoms with Crippen LogP contribution in [0, 0.1) is 5.41 Å². The second-order valence-electron chi connectivity index (χ2n) is 4.91. The molecule has 0 saturated carbocycles. The van der Waals surface area contributed by atoms with Gasteiger partial charge >= 0.3 is 5.97 Å². The highest BCUT2D eigenvalue weighted by Gasteiger charge is 2.35. The summed E-state index contributed by atoms with van der Waals surface area (Å²) < 4.78 is 5.42. The number of carboxylic acid groups (broad SMARTS) is 1. The lowest BCUT2D eigenvalue weighted by molar-refractivity contribution is 0.0690. The van der Waals surface area contributed by atoms with Gasteiger partial charge < -0.3 is 15.2 Å². The third-order valence-electron chi connectivity index (χ3n) is 2.99. The molecule has 0 aliphatic carbocycles. The fraction of sp³-hybridized carbons (Fsp3) is 0.500. The minimum atomic E-state index is -1.02. The second kappa shape index (κ2) is 4.33. The number of nitrogens with one attached hydrogen (secondary N) is 1. The molecule has 0 bridgehead atoms. The highest BCUT2D eigenvalue weighted by atomic mass is 16.5. The molecule has 1 aromatic rings. The number of carboxylic acids is 1. The first-order valence-corrected chi connectivity index (χ1v) is 5.54. The third-order valence-corrected chi connectivity index (χ3v) is 2.99. The summed E-state index contributed by atoms with van der Waals surface area (Å²) in [6.45, 7) is 5.53. The number of pyridine rings is 1. The zero-order valence-electron chi connectivity index (χ0n) is 9.93. The summed E-state index contributed by atoms with van der Waals surface area (Å²) in [6.07, 6.45) is 0. The number of aromatic nitrogens is 1. The van der Waals surface area contributed by atoms with Crippen molar-refractivity contribution >= 4 is 11.8 Å². The van der Waals surface area contributed by atoms with Crippen LogP contribution in [0.5, 0.6) is 0 Å². The van der Waals surface area contributed by atoms with Gasteiger partial charge in [0.1, 0.15) is 5.82 Å². The van der Waals surface area contributed by atoms with Gasteiger partial charge in [0.25, 0.3) is 0 Å². The zero-order chi connectivity index (χ0) is 12.5. The van der Waals surface area contributed by atoms with Crippen molar-refractivity contribution in [2.75, 3.05) is 18.5 Å². The molecule has 0 spiro atoms. The van der Waals surface area contributed by atoms with Crippen LogP contribution in [0.3, 0.4) is 0 Å². The largest absolute Gasteiger partial charge is 0.477 e. The molecule has 0 radical (unpaired) electrons. The summed E-state index contributed by atoms with van der Waals surface area (Å²) in [7, 11) is 0. The summed E-state index contributed by atoms with van der Waals surface area (Å²) >= 11 is 0. The number of anilines is 1. The van der Waals surface area contributed by atoms with E-state index in [0.29, 0.717) is 19.0 Å². The van der Waals surface area contributed by atoms with Crippen LogP contribution in [-0.4, -0.2) is 35.3 Å². The lowest BCUT2D eigenvalue weighted by atomic mass is 9.88. The standard InChI is InChI=1S/C12H16N2O3/c1-12(2)7-17-6-9(12)14-10-5-3-4-8(13-10)11(15)16/h3-5,9H,6-7H2,1-2H3,(H,13,14)(H,15,16). The van der Waals surface area contributed by atoms with Crippen LogP contribution in [0.1, 0.15) is 24.3 Å². The highest BCUT2D eigenvalue weighted by Crippen LogP contribution is 2.29. The van der Waals surface area contributed by atoms with Crippen LogP contribution in [0.15, 0.2) is 18.2 Å². The topological polar surface area (TPSA) is 71.5 Å². The molecule has 0 aromatic carbocycles. The van der Waals surface area contributed by atoms with Crippen LogP contribution in [0.4, 0.5) is 5.82 Å². The molecule has 1 unspecified atom stereocenters. The Bertz CT molecular complexity index is 432. The van der Waals surface area contributed by atoms with Crippen molar-refractivity contribution in [2.24, 2.45) is 5.41 Å². The Kier molecular flexibility index (Phi) is 3.02. The van der Waals surface area contributed by atoms with E-state index in [9.17, 15) is 4.79 Å². The van der Waals surface area contributed by atoms with Gasteiger partial charge in [-0.2, -0.15) is 0 Å². The zero-order valence-corrected chi connectivity index (χ0v) is 9.93. The summed E-state index contributed by atoms with van der Waals surface area (Å²) in [4.78, 5) is 14.8. The Morgan fingerprint density at radius 3 is 2.94 bits per heavy atom. The van der Waals surface area contributed by atoms with Crippen LogP contribution in [0.2, 0.25) is 0 Å². The number of hydrogen-bond acceptors (Lipinski definition) is 4. The summed E-state index contributed by atoms with van der Waals surface area (Å²) in [5.41, 5.74) is 0.0766. The summed E-state index contributed by atoms with van der Waals surface area (Å²) in [6, 6.07) is 5.07. The Balaban J connectivity index is 2.13. The van der Waals surface area contributed by atoms with Crippen molar-refractivity contribution < 1.29 is 14.6 Å². The Morgan fingerprint density at radius 2 is 2.35 bits per heavy atom. The van der Waals surface area contributed by atoms with Crippen molar-refractivity contribution in [3.05, 3.63) is 23.9 Å². The summed E-state index contributed by atoms with van der Waals surface area (Å²) in [5.74, 6) is -0.441. The van der Waals surface area contributed by atoms with Crippen molar-refractivity contribution in [1.29, 1.82) is 0 Å². The first-order valence-electron chi connectivity index (χ1n) is 5.54. The molecular weight excluding hydrogens is 220 g/mol. The van der Waals surface area contributed by atoms with Gasteiger partial charge in [0.05, 0.1) is 19.3 Å². The van der Waals surface area contributed by atoms with Gasteiger partial charge in [-0.1, -0.05) is 19.9 Å². The lowest BCUT2D eigenvalue weighted by Crippen LogP contribution is -2.35. The predicted octanol–water partition coefficient (Wildman–Crippen LogP) is 1.62. The quantitative estimate of drug-likeness (QED) is 0.834. The average Bonchev–Trinajstić information content (AvgIpc) is 2.59. The van der Waals surface area contributed by atoms with E-state index < -0.39 is 5.97 Å². The van der Waals surface area contributed by atoms with Gasteiger partial charge in [-0.15, -0.1) is 0 Å². The molecule has 1 aromatic heterocycles. The van der Waals surface area contributed by atoms with E-state index in [1.807, 2.05) is 0 Å². The molecule has 17 heavy (non-hydrogen) atoms. The van der Waals surface area contributed by atoms with Gasteiger partial charge in [0.2, 0.25) is 0 Å². The lowest BCUT2D eigenvalue weighted by Gasteiger charge is -2.25. The van der Waals surface area contributed by atoms with E-state index in [0.717, 1.165) is 0 Å². The maximum absolute atomic E-state index is 10.8. The molecule has 1 aliphatic heterocycles. The molecule has 2 rings (SSSR count). The first-order chi connectivity index (χ1) is 7.99. The Hall–Kier alpha value is -1.62. The Labute approximate surface area is 99.8 Å². The summed E-state index contributed by atoms with van der Waals surface area (Å²) in [5, 5.41) is 12.1. The number of carbonyl (C=O) groups is 1. The first kappa shape index (κ1) is 11.9. The van der Waals surface area contributed by atoms with Gasteiger partial charge in [0, 0.05) is 5.41 Å². The van der Waals surface area contributed by atoms with E-state index in [2.05, 4.69) is 24.1 Å². The maximum atomic E-state index is 10.8. The van der Waals surface area contributed by atoms with Crippen molar-refractivity contribution in [3.8, 4) is 0 Å². The average molecular weight is 236 g/mol. The van der Waals surface area contributed by atoms with Crippen molar-refractivity contribution in [2.45, 2.75) is 19.9 Å². The fourth-order valence-corrected chi connectivity index (χ4v) is 1.82. The molecule has 2 heterocycles. The van der Waals surface area contributed by atoms with Crippen molar-refractivity contribution in [1.82, 2.24) is 4.98 Å². The van der Waals surface area contributed by atoms with Gasteiger partial charge in [-0.3, -0.25) is 0 Å². The van der Waals surface area contributed by atoms with Crippen LogP contribution < -0.4 is 5.32 Å². The molecule has 5 nitrogen and oxygen atoms in total. The predicted molar refractivity (Wildman–Crippen MR) is 63.2 cm³/mol. The van der Waals surface area contributed by atoms with Crippen LogP contribution in [-0.2, 0) is 4.74 Å². The number of rotatable bonds is 3. The van der Waals surface area contributed by atoms with E-state index in [1.54, 1.807) is 12.1 Å². The monoisotopic (exact) mass is 236 g/mol. The Morgan fingerprint density at radius 1 is 1.59 bits per heavy atom. The number of hydrogen-bond donors (Lipinski definition) is 2. The van der Waals surface area contributed by atoms with E-state index in [-0.39, 0.29) is 17.2 Å². The minimum absolute atomic E-state index is 0.0287. The van der Waals surface area contributed by atoms with E-state index in [4.69, 9.17) is 9.84 Å². The highest BCUT2D eigenvalue weighted by molar-refractivity contribution is 5.85. The van der Waals surface area contributed by atoms with Crippen molar-refractivity contribution in [3.63, 3.8) is 0 Å². The molecular formula is C12H16N2O3. The molecule has 1 aliphatic rings. The number of nitrogens with zero attached hydrogens (tertiary/aromatic N) is 1. The van der Waals surface area contributed by atoms with E-state index in [1.165, 1.54) is 6.07 Å².